The van der Waals surface area contributed by atoms with Crippen molar-refractivity contribution in [2.45, 2.75) is 77.9 Å². The van der Waals surface area contributed by atoms with Crippen LogP contribution in [0.15, 0.2) is 0 Å². The van der Waals surface area contributed by atoms with Crippen molar-refractivity contribution >= 4 is 0 Å². The lowest BCUT2D eigenvalue weighted by atomic mass is 10.1. The minimum atomic E-state index is -0.905. The highest BCUT2D eigenvalue weighted by Crippen LogP contribution is 2.17. The summed E-state index contributed by atoms with van der Waals surface area (Å²) in [5, 5.41) is 9.73. The Kier molecular flexibility index (Phi) is 9.12. The van der Waals surface area contributed by atoms with Crippen molar-refractivity contribution in [3.8, 4) is 0 Å². The van der Waals surface area contributed by atoms with Crippen LogP contribution in [-0.4, -0.2) is 17.5 Å². The first-order valence-corrected chi connectivity index (χ1v) is 6.48. The fourth-order valence-corrected chi connectivity index (χ4v) is 1.79. The lowest BCUT2D eigenvalue weighted by Crippen LogP contribution is -2.27. The molecule has 0 heterocycles. The number of rotatable bonds is 10. The summed E-state index contributed by atoms with van der Waals surface area (Å²) in [4.78, 5) is 0. The molecule has 0 aliphatic carbocycles. The smallest absolute Gasteiger partial charge is 0.162 e. The Balaban J connectivity index is 3.22. The van der Waals surface area contributed by atoms with Crippen LogP contribution in [0.3, 0.4) is 0 Å². The molecule has 2 nitrogen and oxygen atoms in total. The second-order valence-corrected chi connectivity index (χ2v) is 4.48. The number of hydrogen-bond acceptors (Lipinski definition) is 2. The van der Waals surface area contributed by atoms with Gasteiger partial charge in [-0.2, -0.15) is 0 Å². The van der Waals surface area contributed by atoms with E-state index < -0.39 is 5.79 Å². The molecule has 0 saturated heterocycles. The molecule has 1 unspecified atom stereocenters. The van der Waals surface area contributed by atoms with Crippen LogP contribution in [0.2, 0.25) is 0 Å². The van der Waals surface area contributed by atoms with Gasteiger partial charge in [0.05, 0.1) is 0 Å². The molecule has 1 N–H and O–H groups in total. The van der Waals surface area contributed by atoms with E-state index in [1.54, 1.807) is 6.92 Å². The first-order valence-electron chi connectivity index (χ1n) is 6.48. The molecule has 0 spiro atoms. The van der Waals surface area contributed by atoms with E-state index in [0.29, 0.717) is 6.61 Å². The molecule has 0 aromatic carbocycles. The van der Waals surface area contributed by atoms with Crippen LogP contribution >= 0.6 is 0 Å². The maximum Gasteiger partial charge on any atom is 0.162 e. The number of hydrogen-bond donors (Lipinski definition) is 1. The van der Waals surface area contributed by atoms with Gasteiger partial charge in [0.2, 0.25) is 0 Å². The molecular weight excluding hydrogens is 188 g/mol. The van der Waals surface area contributed by atoms with Crippen molar-refractivity contribution in [2.75, 3.05) is 6.61 Å². The average molecular weight is 216 g/mol. The van der Waals surface area contributed by atoms with Crippen molar-refractivity contribution in [2.24, 2.45) is 0 Å². The molecule has 1 atom stereocenters. The van der Waals surface area contributed by atoms with Crippen molar-refractivity contribution < 1.29 is 9.84 Å². The largest absolute Gasteiger partial charge is 0.366 e. The lowest BCUT2D eigenvalue weighted by Gasteiger charge is -2.22. The summed E-state index contributed by atoms with van der Waals surface area (Å²) in [5.41, 5.74) is 0. The maximum atomic E-state index is 9.73. The number of ether oxygens (including phenoxy) is 1. The van der Waals surface area contributed by atoms with Crippen LogP contribution in [0.1, 0.15) is 72.1 Å². The summed E-state index contributed by atoms with van der Waals surface area (Å²) in [5.74, 6) is -0.905. The van der Waals surface area contributed by atoms with Crippen LogP contribution < -0.4 is 0 Å². The minimum absolute atomic E-state index is 0.587. The van der Waals surface area contributed by atoms with E-state index in [1.807, 2.05) is 6.92 Å². The van der Waals surface area contributed by atoms with Crippen molar-refractivity contribution in [1.29, 1.82) is 0 Å². The quantitative estimate of drug-likeness (QED) is 0.443. The zero-order valence-corrected chi connectivity index (χ0v) is 10.7. The molecule has 0 aromatic heterocycles. The van der Waals surface area contributed by atoms with Gasteiger partial charge in [-0.05, 0) is 20.3 Å². The molecule has 0 fully saturated rings. The zero-order valence-electron chi connectivity index (χ0n) is 10.7. The Morgan fingerprint density at radius 3 is 2.00 bits per heavy atom. The van der Waals surface area contributed by atoms with Gasteiger partial charge in [-0.25, -0.2) is 0 Å². The van der Waals surface area contributed by atoms with Crippen LogP contribution in [-0.2, 0) is 4.74 Å². The van der Waals surface area contributed by atoms with Crippen LogP contribution in [0.25, 0.3) is 0 Å². The fourth-order valence-electron chi connectivity index (χ4n) is 1.79. The van der Waals surface area contributed by atoms with E-state index >= 15 is 0 Å². The molecule has 92 valence electrons. The molecule has 0 aliphatic rings. The van der Waals surface area contributed by atoms with Gasteiger partial charge in [-0.3, -0.25) is 0 Å². The summed E-state index contributed by atoms with van der Waals surface area (Å²) in [6.07, 6.45) is 9.70. The van der Waals surface area contributed by atoms with Crippen LogP contribution in [0, 0.1) is 0 Å². The van der Waals surface area contributed by atoms with E-state index in [-0.39, 0.29) is 0 Å². The van der Waals surface area contributed by atoms with Gasteiger partial charge < -0.3 is 9.84 Å². The molecule has 0 radical (unpaired) electrons. The van der Waals surface area contributed by atoms with E-state index in [0.717, 1.165) is 12.8 Å². The maximum absolute atomic E-state index is 9.73. The second kappa shape index (κ2) is 9.17. The summed E-state index contributed by atoms with van der Waals surface area (Å²) in [6, 6.07) is 0. The Morgan fingerprint density at radius 1 is 0.933 bits per heavy atom. The van der Waals surface area contributed by atoms with Crippen LogP contribution in [0.5, 0.6) is 0 Å². The minimum Gasteiger partial charge on any atom is -0.366 e. The Bertz CT molecular complexity index is 132. The monoisotopic (exact) mass is 216 g/mol. The predicted molar refractivity (Wildman–Crippen MR) is 64.9 cm³/mol. The van der Waals surface area contributed by atoms with E-state index in [4.69, 9.17) is 4.74 Å². The van der Waals surface area contributed by atoms with Gasteiger partial charge in [0.1, 0.15) is 0 Å². The van der Waals surface area contributed by atoms with Gasteiger partial charge in [0.15, 0.2) is 5.79 Å². The molecule has 0 amide bonds. The fraction of sp³-hybridized carbons (Fsp3) is 1.00. The third-order valence-electron chi connectivity index (χ3n) is 2.70. The van der Waals surface area contributed by atoms with E-state index in [2.05, 4.69) is 6.92 Å². The number of aliphatic hydroxyl groups is 1. The molecule has 15 heavy (non-hydrogen) atoms. The molecule has 0 aromatic rings. The van der Waals surface area contributed by atoms with Gasteiger partial charge in [0.25, 0.3) is 0 Å². The SMILES string of the molecule is CCCCCCCCCC(C)(O)OCC. The molecule has 0 aliphatic heterocycles. The molecule has 0 bridgehead atoms. The summed E-state index contributed by atoms with van der Waals surface area (Å²) >= 11 is 0. The van der Waals surface area contributed by atoms with E-state index in [9.17, 15) is 5.11 Å². The Hall–Kier alpha value is -0.0800. The summed E-state index contributed by atoms with van der Waals surface area (Å²) in [7, 11) is 0. The zero-order chi connectivity index (χ0) is 11.6. The highest BCUT2D eigenvalue weighted by atomic mass is 16.6. The number of unbranched alkanes of at least 4 members (excludes halogenated alkanes) is 6. The molecule has 2 heteroatoms. The van der Waals surface area contributed by atoms with Gasteiger partial charge >= 0.3 is 0 Å². The normalized spacial score (nSPS) is 15.2. The predicted octanol–water partition coefficient (Wildman–Crippen LogP) is 3.87. The first kappa shape index (κ1) is 14.9. The molecular formula is C13H28O2. The standard InChI is InChI=1S/C13H28O2/c1-4-6-7-8-9-10-11-12-13(3,14)15-5-2/h14H,4-12H2,1-3H3. The van der Waals surface area contributed by atoms with Crippen molar-refractivity contribution in [3.05, 3.63) is 0 Å². The topological polar surface area (TPSA) is 29.5 Å². The van der Waals surface area contributed by atoms with Crippen molar-refractivity contribution in [1.82, 2.24) is 0 Å². The van der Waals surface area contributed by atoms with Gasteiger partial charge in [0, 0.05) is 13.0 Å². The van der Waals surface area contributed by atoms with Crippen molar-refractivity contribution in [3.63, 3.8) is 0 Å². The summed E-state index contributed by atoms with van der Waals surface area (Å²) < 4.78 is 5.23. The Morgan fingerprint density at radius 2 is 1.47 bits per heavy atom. The second-order valence-electron chi connectivity index (χ2n) is 4.48. The molecule has 0 saturated carbocycles. The van der Waals surface area contributed by atoms with Gasteiger partial charge in [-0.15, -0.1) is 0 Å². The third kappa shape index (κ3) is 10.2. The average Bonchev–Trinajstić information content (AvgIpc) is 2.16. The third-order valence-corrected chi connectivity index (χ3v) is 2.70. The van der Waals surface area contributed by atoms with Crippen LogP contribution in [0.4, 0.5) is 0 Å². The van der Waals surface area contributed by atoms with E-state index in [1.165, 1.54) is 38.5 Å². The highest BCUT2D eigenvalue weighted by Gasteiger charge is 2.18. The summed E-state index contributed by atoms with van der Waals surface area (Å²) in [6.45, 7) is 6.50. The van der Waals surface area contributed by atoms with Gasteiger partial charge in [-0.1, -0.05) is 45.4 Å². The first-order chi connectivity index (χ1) is 7.12. The molecule has 0 rings (SSSR count). The highest BCUT2D eigenvalue weighted by molar-refractivity contribution is 4.59. The Labute approximate surface area is 95.0 Å². The lowest BCUT2D eigenvalue weighted by molar-refractivity contribution is -0.191.